The lowest BCUT2D eigenvalue weighted by atomic mass is 10.1. The van der Waals surface area contributed by atoms with Crippen LogP contribution in [0.2, 0.25) is 0 Å². The van der Waals surface area contributed by atoms with Crippen LogP contribution >= 0.6 is 0 Å². The maximum absolute atomic E-state index is 11.4. The summed E-state index contributed by atoms with van der Waals surface area (Å²) in [4.78, 5) is 17.6. The van der Waals surface area contributed by atoms with E-state index in [4.69, 9.17) is 15.5 Å². The highest BCUT2D eigenvalue weighted by Gasteiger charge is 2.26. The van der Waals surface area contributed by atoms with Crippen molar-refractivity contribution in [2.75, 3.05) is 13.7 Å². The van der Waals surface area contributed by atoms with Crippen LogP contribution < -0.4 is 10.5 Å². The van der Waals surface area contributed by atoms with Gasteiger partial charge < -0.3 is 25.0 Å². The summed E-state index contributed by atoms with van der Waals surface area (Å²) in [5, 5.41) is 9.39. The van der Waals surface area contributed by atoms with Crippen molar-refractivity contribution >= 4 is 17.1 Å². The zero-order valence-electron chi connectivity index (χ0n) is 16.3. The van der Waals surface area contributed by atoms with Crippen molar-refractivity contribution in [1.29, 1.82) is 0 Å². The van der Waals surface area contributed by atoms with Gasteiger partial charge in [-0.15, -0.1) is 0 Å². The van der Waals surface area contributed by atoms with Crippen molar-refractivity contribution in [3.8, 4) is 5.75 Å². The SMILES string of the molecule is CCn1c(C(N)CCCN(C(=O)O)C(C)(C)C)nc2c(OC)cccc21. The number of ether oxygens (including phenoxy) is 1. The van der Waals surface area contributed by atoms with E-state index >= 15 is 0 Å². The van der Waals surface area contributed by atoms with Gasteiger partial charge in [-0.3, -0.25) is 0 Å². The molecule has 0 aliphatic heterocycles. The van der Waals surface area contributed by atoms with E-state index in [0.717, 1.165) is 29.2 Å². The van der Waals surface area contributed by atoms with Gasteiger partial charge in [0.25, 0.3) is 0 Å². The van der Waals surface area contributed by atoms with Crippen LogP contribution in [-0.2, 0) is 6.54 Å². The van der Waals surface area contributed by atoms with Gasteiger partial charge in [-0.2, -0.15) is 0 Å². The van der Waals surface area contributed by atoms with Crippen LogP contribution in [0.25, 0.3) is 11.0 Å². The first kappa shape index (κ1) is 20.0. The second-order valence-electron chi connectivity index (χ2n) is 7.40. The van der Waals surface area contributed by atoms with Crippen molar-refractivity contribution in [3.05, 3.63) is 24.0 Å². The number of aryl methyl sites for hydroxylation is 1. The number of fused-ring (bicyclic) bond motifs is 1. The van der Waals surface area contributed by atoms with Gasteiger partial charge in [-0.1, -0.05) is 6.07 Å². The van der Waals surface area contributed by atoms with Gasteiger partial charge in [0, 0.05) is 18.6 Å². The molecule has 0 saturated carbocycles. The number of hydrogen-bond donors (Lipinski definition) is 2. The lowest BCUT2D eigenvalue weighted by Crippen LogP contribution is -2.45. The molecule has 1 atom stereocenters. The van der Waals surface area contributed by atoms with Crippen molar-refractivity contribution in [3.63, 3.8) is 0 Å². The van der Waals surface area contributed by atoms with E-state index in [1.165, 1.54) is 4.90 Å². The Balaban J connectivity index is 2.17. The summed E-state index contributed by atoms with van der Waals surface area (Å²) in [5.74, 6) is 1.54. The predicted octanol–water partition coefficient (Wildman–Crippen LogP) is 3.62. The molecule has 7 nitrogen and oxygen atoms in total. The number of methoxy groups -OCH3 is 1. The Kier molecular flexibility index (Phi) is 6.13. The predicted molar refractivity (Wildman–Crippen MR) is 103 cm³/mol. The fourth-order valence-corrected chi connectivity index (χ4v) is 3.24. The highest BCUT2D eigenvalue weighted by Crippen LogP contribution is 2.29. The quantitative estimate of drug-likeness (QED) is 0.784. The van der Waals surface area contributed by atoms with Crippen molar-refractivity contribution in [2.45, 2.75) is 58.7 Å². The number of para-hydroxylation sites is 1. The van der Waals surface area contributed by atoms with Crippen molar-refractivity contribution < 1.29 is 14.6 Å². The van der Waals surface area contributed by atoms with Crippen LogP contribution in [-0.4, -0.2) is 44.8 Å². The molecule has 1 amide bonds. The molecule has 0 bridgehead atoms. The standard InChI is InChI=1S/C19H30N4O3/c1-6-22-14-10-7-11-15(26-5)16(14)21-17(22)13(20)9-8-12-23(18(24)25)19(2,3)4/h7,10-11,13H,6,8-9,12,20H2,1-5H3,(H,24,25). The van der Waals surface area contributed by atoms with E-state index < -0.39 is 11.6 Å². The third kappa shape index (κ3) is 4.09. The third-order valence-corrected chi connectivity index (χ3v) is 4.58. The van der Waals surface area contributed by atoms with Gasteiger partial charge in [0.1, 0.15) is 17.1 Å². The topological polar surface area (TPSA) is 93.6 Å². The summed E-state index contributed by atoms with van der Waals surface area (Å²) < 4.78 is 7.51. The smallest absolute Gasteiger partial charge is 0.407 e. The molecule has 0 saturated heterocycles. The van der Waals surface area contributed by atoms with E-state index in [1.54, 1.807) is 7.11 Å². The first-order chi connectivity index (χ1) is 12.2. The molecule has 1 aromatic carbocycles. The highest BCUT2D eigenvalue weighted by molar-refractivity contribution is 5.82. The molecule has 0 aliphatic rings. The number of nitrogens with zero attached hydrogens (tertiary/aromatic N) is 3. The van der Waals surface area contributed by atoms with Gasteiger partial charge >= 0.3 is 6.09 Å². The molecule has 144 valence electrons. The first-order valence-corrected chi connectivity index (χ1v) is 9.00. The molecule has 1 aromatic heterocycles. The molecule has 2 rings (SSSR count). The van der Waals surface area contributed by atoms with Crippen LogP contribution in [0.3, 0.4) is 0 Å². The van der Waals surface area contributed by atoms with E-state index in [2.05, 4.69) is 11.5 Å². The second kappa shape index (κ2) is 7.95. The summed E-state index contributed by atoms with van der Waals surface area (Å²) in [7, 11) is 1.63. The number of benzene rings is 1. The van der Waals surface area contributed by atoms with Crippen LogP contribution in [0.1, 0.15) is 52.4 Å². The molecule has 3 N–H and O–H groups in total. The van der Waals surface area contributed by atoms with Gasteiger partial charge in [0.05, 0.1) is 18.7 Å². The number of rotatable bonds is 7. The van der Waals surface area contributed by atoms with Gasteiger partial charge in [-0.25, -0.2) is 9.78 Å². The zero-order valence-corrected chi connectivity index (χ0v) is 16.3. The second-order valence-corrected chi connectivity index (χ2v) is 7.40. The van der Waals surface area contributed by atoms with E-state index in [1.807, 2.05) is 39.0 Å². The van der Waals surface area contributed by atoms with Crippen molar-refractivity contribution in [2.24, 2.45) is 5.73 Å². The fourth-order valence-electron chi connectivity index (χ4n) is 3.24. The maximum atomic E-state index is 11.4. The summed E-state index contributed by atoms with van der Waals surface area (Å²) in [6, 6.07) is 5.58. The molecule has 26 heavy (non-hydrogen) atoms. The Hall–Kier alpha value is -2.28. The van der Waals surface area contributed by atoms with Crippen LogP contribution in [0, 0.1) is 0 Å². The number of hydrogen-bond acceptors (Lipinski definition) is 4. The summed E-state index contributed by atoms with van der Waals surface area (Å²) >= 11 is 0. The average Bonchev–Trinajstić information content (AvgIpc) is 2.95. The number of imidazole rings is 1. The lowest BCUT2D eigenvalue weighted by molar-refractivity contribution is 0.0986. The average molecular weight is 362 g/mol. The molecule has 0 spiro atoms. The summed E-state index contributed by atoms with van der Waals surface area (Å²) in [6.07, 6.45) is 0.428. The van der Waals surface area contributed by atoms with E-state index in [9.17, 15) is 9.90 Å². The Morgan fingerprint density at radius 1 is 1.42 bits per heavy atom. The number of carboxylic acid groups (broad SMARTS) is 1. The third-order valence-electron chi connectivity index (χ3n) is 4.58. The molecule has 1 unspecified atom stereocenters. The van der Waals surface area contributed by atoms with Crippen molar-refractivity contribution in [1.82, 2.24) is 14.5 Å². The molecule has 0 fully saturated rings. The molecule has 0 aliphatic carbocycles. The molecule has 7 heteroatoms. The van der Waals surface area contributed by atoms with Crippen LogP contribution in [0.5, 0.6) is 5.75 Å². The van der Waals surface area contributed by atoms with E-state index in [0.29, 0.717) is 19.4 Å². The molecule has 1 heterocycles. The summed E-state index contributed by atoms with van der Waals surface area (Å²) in [5.41, 5.74) is 7.79. The molecular formula is C19H30N4O3. The number of nitrogens with two attached hydrogens (primary N) is 1. The monoisotopic (exact) mass is 362 g/mol. The summed E-state index contributed by atoms with van der Waals surface area (Å²) in [6.45, 7) is 8.94. The molecular weight excluding hydrogens is 332 g/mol. The van der Waals surface area contributed by atoms with Crippen LogP contribution in [0.4, 0.5) is 4.79 Å². The normalized spacial score (nSPS) is 13.0. The van der Waals surface area contributed by atoms with Gasteiger partial charge in [0.15, 0.2) is 0 Å². The fraction of sp³-hybridized carbons (Fsp3) is 0.579. The minimum Gasteiger partial charge on any atom is -0.494 e. The maximum Gasteiger partial charge on any atom is 0.407 e. The number of amides is 1. The highest BCUT2D eigenvalue weighted by atomic mass is 16.5. The van der Waals surface area contributed by atoms with Gasteiger partial charge in [-0.05, 0) is 52.7 Å². The Morgan fingerprint density at radius 3 is 2.65 bits per heavy atom. The Labute approximate surface area is 154 Å². The zero-order chi connectivity index (χ0) is 19.5. The number of aromatic nitrogens is 2. The Morgan fingerprint density at radius 2 is 2.12 bits per heavy atom. The largest absolute Gasteiger partial charge is 0.494 e. The van der Waals surface area contributed by atoms with Gasteiger partial charge in [0.2, 0.25) is 0 Å². The minimum atomic E-state index is -0.906. The number of carbonyl (C=O) groups is 1. The molecule has 2 aromatic rings. The first-order valence-electron chi connectivity index (χ1n) is 9.00. The minimum absolute atomic E-state index is 0.261. The molecule has 0 radical (unpaired) electrons. The Bertz CT molecular complexity index is 764. The van der Waals surface area contributed by atoms with E-state index in [-0.39, 0.29) is 6.04 Å². The van der Waals surface area contributed by atoms with Crippen LogP contribution in [0.15, 0.2) is 18.2 Å². The lowest BCUT2D eigenvalue weighted by Gasteiger charge is -2.33.